The van der Waals surface area contributed by atoms with Crippen LogP contribution in [0.15, 0.2) is 28.7 Å². The van der Waals surface area contributed by atoms with Crippen LogP contribution in [0.2, 0.25) is 0 Å². The van der Waals surface area contributed by atoms with Crippen LogP contribution < -0.4 is 0 Å². The predicted molar refractivity (Wildman–Crippen MR) is 43.5 cm³/mol. The summed E-state index contributed by atoms with van der Waals surface area (Å²) in [5, 5.41) is 0. The van der Waals surface area contributed by atoms with Crippen LogP contribution in [-0.4, -0.2) is 0 Å². The van der Waals surface area contributed by atoms with E-state index in [0.29, 0.717) is 0 Å². The molecule has 48 valence electrons. The first kappa shape index (κ1) is 5.48. The second-order valence-electron chi connectivity index (χ2n) is 1.84. The van der Waals surface area contributed by atoms with Gasteiger partial charge in [0.2, 0.25) is 0 Å². The molecule has 0 aliphatic carbocycles. The molecule has 0 unspecified atom stereocenters. The van der Waals surface area contributed by atoms with E-state index in [1.165, 1.54) is 0 Å². The van der Waals surface area contributed by atoms with Crippen LogP contribution in [0.4, 0.5) is 0 Å². The Bertz CT molecular complexity index is 203. The minimum atomic E-state index is -0.118. The third-order valence-electron chi connectivity index (χ3n) is 1.20. The first-order valence-electron chi connectivity index (χ1n) is 3.45. The molecule has 1 rings (SSSR count). The molecule has 0 aromatic heterocycles. The van der Waals surface area contributed by atoms with E-state index in [1.807, 2.05) is 31.2 Å². The van der Waals surface area contributed by atoms with Crippen LogP contribution >= 0.6 is 15.9 Å². The van der Waals surface area contributed by atoms with Gasteiger partial charge in [0.15, 0.2) is 0 Å². The van der Waals surface area contributed by atoms with Crippen molar-refractivity contribution in [3.63, 3.8) is 0 Å². The molecular formula is C8H9Br. The van der Waals surface area contributed by atoms with E-state index >= 15 is 0 Å². The van der Waals surface area contributed by atoms with Crippen LogP contribution in [0, 0.1) is 0 Å². The van der Waals surface area contributed by atoms with Crippen LogP contribution in [0.3, 0.4) is 0 Å². The van der Waals surface area contributed by atoms with Crippen molar-refractivity contribution in [2.45, 2.75) is 13.3 Å². The van der Waals surface area contributed by atoms with E-state index in [4.69, 9.17) is 1.37 Å². The molecule has 0 amide bonds. The zero-order chi connectivity index (χ0) is 7.56. The van der Waals surface area contributed by atoms with Crippen molar-refractivity contribution >= 4 is 15.9 Å². The quantitative estimate of drug-likeness (QED) is 0.632. The molecule has 1 aromatic carbocycles. The average molecular weight is 186 g/mol. The van der Waals surface area contributed by atoms with Crippen molar-refractivity contribution in [1.82, 2.24) is 0 Å². The minimum Gasteiger partial charge on any atom is -0.0613 e. The van der Waals surface area contributed by atoms with Crippen LogP contribution in [0.5, 0.6) is 0 Å². The summed E-state index contributed by atoms with van der Waals surface area (Å²) in [5.41, 5.74) is 1.06. The molecule has 0 saturated carbocycles. The zero-order valence-electron chi connectivity index (χ0n) is 6.26. The summed E-state index contributed by atoms with van der Waals surface area (Å²) in [5.74, 6) is 0. The van der Waals surface area contributed by atoms with Gasteiger partial charge in [-0.05, 0) is 24.1 Å². The minimum absolute atomic E-state index is 0.118. The van der Waals surface area contributed by atoms with Crippen LogP contribution in [0.25, 0.3) is 0 Å². The standard InChI is InChI=1S/C8H9Br/c1-2-7-3-5-8(9)6-4-7/h3-6H,2H2,1H3/i2D/t2-/m0/s1. The van der Waals surface area contributed by atoms with Crippen molar-refractivity contribution in [1.29, 1.82) is 0 Å². The SMILES string of the molecule is [2H][C@@H](C)c1ccc(Br)cc1. The van der Waals surface area contributed by atoms with E-state index in [2.05, 4.69) is 15.9 Å². The van der Waals surface area contributed by atoms with Gasteiger partial charge >= 0.3 is 0 Å². The highest BCUT2D eigenvalue weighted by molar-refractivity contribution is 9.10. The lowest BCUT2D eigenvalue weighted by molar-refractivity contribution is 1.14. The number of rotatable bonds is 1. The lowest BCUT2D eigenvalue weighted by atomic mass is 10.2. The summed E-state index contributed by atoms with van der Waals surface area (Å²) in [6, 6.07) is 7.84. The smallest absolute Gasteiger partial charge is 0.0313 e. The van der Waals surface area contributed by atoms with E-state index in [-0.39, 0.29) is 6.40 Å². The maximum atomic E-state index is 7.37. The molecule has 0 radical (unpaired) electrons. The summed E-state index contributed by atoms with van der Waals surface area (Å²) < 4.78 is 8.44. The van der Waals surface area contributed by atoms with Gasteiger partial charge < -0.3 is 0 Å². The molecule has 0 N–H and O–H groups in total. The third-order valence-corrected chi connectivity index (χ3v) is 1.73. The molecule has 1 aromatic rings. The Labute approximate surface area is 65.4 Å². The van der Waals surface area contributed by atoms with Crippen molar-refractivity contribution in [3.05, 3.63) is 34.3 Å². The number of benzene rings is 1. The highest BCUT2D eigenvalue weighted by atomic mass is 79.9. The van der Waals surface area contributed by atoms with Crippen molar-refractivity contribution < 1.29 is 1.37 Å². The summed E-state index contributed by atoms with van der Waals surface area (Å²) in [6.07, 6.45) is -0.118. The Morgan fingerprint density at radius 2 is 2.00 bits per heavy atom. The largest absolute Gasteiger partial charge is 0.0613 e. The highest BCUT2D eigenvalue weighted by Crippen LogP contribution is 2.10. The summed E-state index contributed by atoms with van der Waals surface area (Å²) >= 11 is 3.33. The van der Waals surface area contributed by atoms with Gasteiger partial charge in [0.25, 0.3) is 0 Å². The molecule has 1 atom stereocenters. The molecule has 0 nitrogen and oxygen atoms in total. The fourth-order valence-corrected chi connectivity index (χ4v) is 0.920. The fourth-order valence-electron chi connectivity index (χ4n) is 0.655. The zero-order valence-corrected chi connectivity index (χ0v) is 6.85. The summed E-state index contributed by atoms with van der Waals surface area (Å²) in [7, 11) is 0. The molecule has 0 aliphatic rings. The highest BCUT2D eigenvalue weighted by Gasteiger charge is 1.86. The van der Waals surface area contributed by atoms with Gasteiger partial charge in [-0.3, -0.25) is 0 Å². The monoisotopic (exact) mass is 185 g/mol. The maximum Gasteiger partial charge on any atom is 0.0313 e. The Hall–Kier alpha value is -0.300. The summed E-state index contributed by atoms with van der Waals surface area (Å²) in [6.45, 7) is 1.86. The van der Waals surface area contributed by atoms with Crippen LogP contribution in [-0.2, 0) is 6.40 Å². The first-order chi connectivity index (χ1) is 4.70. The van der Waals surface area contributed by atoms with E-state index in [0.717, 1.165) is 10.0 Å². The van der Waals surface area contributed by atoms with Gasteiger partial charge in [-0.2, -0.15) is 0 Å². The van der Waals surface area contributed by atoms with Gasteiger partial charge in [0, 0.05) is 5.84 Å². The Morgan fingerprint density at radius 3 is 2.44 bits per heavy atom. The Balaban J connectivity index is 2.89. The van der Waals surface area contributed by atoms with Gasteiger partial charge in [-0.1, -0.05) is 35.0 Å². The number of aryl methyl sites for hydroxylation is 1. The lowest BCUT2D eigenvalue weighted by Gasteiger charge is -1.93. The first-order valence-corrected chi connectivity index (χ1v) is 3.67. The summed E-state index contributed by atoms with van der Waals surface area (Å²) in [4.78, 5) is 0. The van der Waals surface area contributed by atoms with Gasteiger partial charge in [-0.25, -0.2) is 0 Å². The molecular weight excluding hydrogens is 176 g/mol. The average Bonchev–Trinajstić information content (AvgIpc) is 1.88. The van der Waals surface area contributed by atoms with Gasteiger partial charge in [0.05, 0.1) is 0 Å². The number of hydrogen-bond acceptors (Lipinski definition) is 0. The van der Waals surface area contributed by atoms with Crippen LogP contribution in [0.1, 0.15) is 13.9 Å². The fraction of sp³-hybridized carbons (Fsp3) is 0.250. The lowest BCUT2D eigenvalue weighted by Crippen LogP contribution is -1.75. The molecule has 0 heterocycles. The Morgan fingerprint density at radius 1 is 1.44 bits per heavy atom. The molecule has 0 fully saturated rings. The third kappa shape index (κ3) is 1.83. The molecule has 9 heavy (non-hydrogen) atoms. The van der Waals surface area contributed by atoms with Crippen molar-refractivity contribution in [2.24, 2.45) is 0 Å². The molecule has 0 saturated heterocycles. The Kier molecular flexibility index (Phi) is 1.84. The molecule has 1 heteroatoms. The number of hydrogen-bond donors (Lipinski definition) is 0. The van der Waals surface area contributed by atoms with Crippen molar-refractivity contribution in [2.75, 3.05) is 0 Å². The van der Waals surface area contributed by atoms with E-state index in [1.54, 1.807) is 0 Å². The molecule has 0 spiro atoms. The second kappa shape index (κ2) is 3.02. The van der Waals surface area contributed by atoms with Crippen molar-refractivity contribution in [3.8, 4) is 0 Å². The van der Waals surface area contributed by atoms with E-state index in [9.17, 15) is 0 Å². The number of halogens is 1. The molecule has 0 bridgehead atoms. The van der Waals surface area contributed by atoms with E-state index < -0.39 is 0 Å². The normalized spacial score (nSPS) is 14.7. The maximum absolute atomic E-state index is 7.37. The molecule has 0 aliphatic heterocycles. The predicted octanol–water partition coefficient (Wildman–Crippen LogP) is 3.01. The topological polar surface area (TPSA) is 0 Å². The second-order valence-corrected chi connectivity index (χ2v) is 2.76. The van der Waals surface area contributed by atoms with Gasteiger partial charge in [-0.15, -0.1) is 0 Å². The van der Waals surface area contributed by atoms with Gasteiger partial charge in [0.1, 0.15) is 0 Å².